The largest absolute Gasteiger partial charge is 0.385 e. The van der Waals surface area contributed by atoms with E-state index in [0.29, 0.717) is 13.2 Å². The number of amides is 1. The first kappa shape index (κ1) is 12.8. The van der Waals surface area contributed by atoms with Gasteiger partial charge in [-0.05, 0) is 31.3 Å². The Morgan fingerprint density at radius 2 is 2.12 bits per heavy atom. The smallest absolute Gasteiger partial charge is 0.234 e. The number of rotatable bonds is 6. The molecule has 0 aromatic rings. The van der Waals surface area contributed by atoms with Crippen LogP contribution in [0.25, 0.3) is 0 Å². The first-order valence-corrected chi connectivity index (χ1v) is 6.48. The Bertz CT molecular complexity index is 248. The molecule has 2 rings (SSSR count). The fraction of sp³-hybridized carbons (Fsp3) is 0.917. The molecule has 2 aliphatic heterocycles. The van der Waals surface area contributed by atoms with Crippen molar-refractivity contribution in [3.8, 4) is 0 Å². The van der Waals surface area contributed by atoms with Crippen LogP contribution in [0.3, 0.4) is 0 Å². The molecule has 2 unspecified atom stereocenters. The van der Waals surface area contributed by atoms with Crippen molar-refractivity contribution in [1.29, 1.82) is 0 Å². The third kappa shape index (κ3) is 3.66. The summed E-state index contributed by atoms with van der Waals surface area (Å²) < 4.78 is 4.94. The fourth-order valence-electron chi connectivity index (χ4n) is 2.78. The molecule has 0 aliphatic carbocycles. The second-order valence-corrected chi connectivity index (χ2v) is 5.07. The summed E-state index contributed by atoms with van der Waals surface area (Å²) in [6.45, 7) is 6.37. The van der Waals surface area contributed by atoms with Crippen molar-refractivity contribution < 1.29 is 9.53 Å². The number of ether oxygens (including phenoxy) is 1. The second-order valence-electron chi connectivity index (χ2n) is 5.07. The van der Waals surface area contributed by atoms with Crippen molar-refractivity contribution in [3.05, 3.63) is 0 Å². The summed E-state index contributed by atoms with van der Waals surface area (Å²) >= 11 is 0. The molecule has 0 aromatic heterocycles. The molecule has 0 saturated carbocycles. The highest BCUT2D eigenvalue weighted by molar-refractivity contribution is 5.78. The van der Waals surface area contributed by atoms with Gasteiger partial charge in [-0.2, -0.15) is 0 Å². The highest BCUT2D eigenvalue weighted by Crippen LogP contribution is 2.25. The summed E-state index contributed by atoms with van der Waals surface area (Å²) in [4.78, 5) is 14.0. The topological polar surface area (TPSA) is 53.6 Å². The highest BCUT2D eigenvalue weighted by Gasteiger charge is 2.36. The Kier molecular flexibility index (Phi) is 4.76. The third-order valence-corrected chi connectivity index (χ3v) is 3.68. The minimum absolute atomic E-state index is 0.147. The average molecular weight is 241 g/mol. The lowest BCUT2D eigenvalue weighted by Gasteiger charge is -2.16. The van der Waals surface area contributed by atoms with E-state index in [1.54, 1.807) is 7.11 Å². The number of likely N-dealkylation sites (tertiary alicyclic amines) is 1. The van der Waals surface area contributed by atoms with Crippen LogP contribution in [-0.4, -0.2) is 63.8 Å². The number of methoxy groups -OCH3 is 1. The van der Waals surface area contributed by atoms with Crippen molar-refractivity contribution in [3.63, 3.8) is 0 Å². The fourth-order valence-corrected chi connectivity index (χ4v) is 2.78. The molecule has 1 amide bonds. The summed E-state index contributed by atoms with van der Waals surface area (Å²) in [5.74, 6) is 1.67. The number of fused-ring (bicyclic) bond motifs is 1. The van der Waals surface area contributed by atoms with E-state index in [-0.39, 0.29) is 5.91 Å². The predicted octanol–water partition coefficient (Wildman–Crippen LogP) is -0.710. The third-order valence-electron chi connectivity index (χ3n) is 3.68. The Labute approximate surface area is 103 Å². The first-order valence-electron chi connectivity index (χ1n) is 6.48. The van der Waals surface area contributed by atoms with E-state index in [2.05, 4.69) is 15.5 Å². The number of hydrogen-bond donors (Lipinski definition) is 2. The quantitative estimate of drug-likeness (QED) is 0.603. The van der Waals surface area contributed by atoms with Crippen LogP contribution in [0.5, 0.6) is 0 Å². The summed E-state index contributed by atoms with van der Waals surface area (Å²) in [6, 6.07) is 0. The van der Waals surface area contributed by atoms with Gasteiger partial charge in [0.25, 0.3) is 0 Å². The lowest BCUT2D eigenvalue weighted by Crippen LogP contribution is -2.37. The van der Waals surface area contributed by atoms with Gasteiger partial charge in [-0.1, -0.05) is 0 Å². The highest BCUT2D eigenvalue weighted by atomic mass is 16.5. The molecule has 2 saturated heterocycles. The van der Waals surface area contributed by atoms with Gasteiger partial charge < -0.3 is 15.4 Å². The van der Waals surface area contributed by atoms with Crippen LogP contribution in [0.4, 0.5) is 0 Å². The first-order chi connectivity index (χ1) is 8.29. The minimum Gasteiger partial charge on any atom is -0.385 e. The second kappa shape index (κ2) is 6.33. The van der Waals surface area contributed by atoms with Gasteiger partial charge in [0, 0.05) is 33.4 Å². The zero-order valence-corrected chi connectivity index (χ0v) is 10.6. The molecular weight excluding hydrogens is 218 g/mol. The zero-order valence-electron chi connectivity index (χ0n) is 10.6. The Balaban J connectivity index is 1.59. The van der Waals surface area contributed by atoms with Crippen LogP contribution in [0.1, 0.15) is 6.42 Å². The van der Waals surface area contributed by atoms with Gasteiger partial charge >= 0.3 is 0 Å². The molecule has 2 aliphatic rings. The molecule has 2 atom stereocenters. The molecule has 2 fully saturated rings. The average Bonchev–Trinajstić information content (AvgIpc) is 2.84. The van der Waals surface area contributed by atoms with E-state index in [0.717, 1.165) is 51.0 Å². The van der Waals surface area contributed by atoms with E-state index in [4.69, 9.17) is 4.74 Å². The van der Waals surface area contributed by atoms with Crippen molar-refractivity contribution in [2.75, 3.05) is 53.0 Å². The van der Waals surface area contributed by atoms with Crippen LogP contribution in [0, 0.1) is 11.8 Å². The van der Waals surface area contributed by atoms with E-state index in [1.807, 2.05) is 0 Å². The number of carbonyl (C=O) groups excluding carboxylic acids is 1. The Morgan fingerprint density at radius 3 is 2.76 bits per heavy atom. The van der Waals surface area contributed by atoms with Crippen molar-refractivity contribution in [2.24, 2.45) is 11.8 Å². The Morgan fingerprint density at radius 1 is 1.41 bits per heavy atom. The van der Waals surface area contributed by atoms with Gasteiger partial charge in [0.1, 0.15) is 0 Å². The molecule has 5 nitrogen and oxygen atoms in total. The van der Waals surface area contributed by atoms with Gasteiger partial charge in [0.2, 0.25) is 5.91 Å². The molecule has 2 N–H and O–H groups in total. The maximum Gasteiger partial charge on any atom is 0.234 e. The molecule has 0 radical (unpaired) electrons. The number of nitrogens with one attached hydrogen (secondary N) is 2. The summed E-state index contributed by atoms with van der Waals surface area (Å²) in [6.07, 6.45) is 0.886. The minimum atomic E-state index is 0.147. The van der Waals surface area contributed by atoms with Crippen LogP contribution >= 0.6 is 0 Å². The standard InChI is InChI=1S/C12H23N3O2/c1-17-4-2-3-14-12(16)9-15-7-10-5-13-6-11(10)8-15/h10-11,13H,2-9H2,1H3,(H,14,16). The molecule has 98 valence electrons. The van der Waals surface area contributed by atoms with Gasteiger partial charge in [0.15, 0.2) is 0 Å². The molecule has 5 heteroatoms. The van der Waals surface area contributed by atoms with Gasteiger partial charge in [-0.3, -0.25) is 9.69 Å². The monoisotopic (exact) mass is 241 g/mol. The van der Waals surface area contributed by atoms with Crippen LogP contribution in [-0.2, 0) is 9.53 Å². The van der Waals surface area contributed by atoms with Crippen LogP contribution in [0.2, 0.25) is 0 Å². The number of nitrogens with zero attached hydrogens (tertiary/aromatic N) is 1. The number of carbonyl (C=O) groups is 1. The molecule has 0 bridgehead atoms. The van der Waals surface area contributed by atoms with Crippen molar-refractivity contribution in [1.82, 2.24) is 15.5 Å². The van der Waals surface area contributed by atoms with E-state index < -0.39 is 0 Å². The maximum atomic E-state index is 11.7. The molecule has 0 aromatic carbocycles. The van der Waals surface area contributed by atoms with E-state index in [1.165, 1.54) is 0 Å². The van der Waals surface area contributed by atoms with E-state index in [9.17, 15) is 4.79 Å². The van der Waals surface area contributed by atoms with Crippen LogP contribution in [0.15, 0.2) is 0 Å². The number of hydrogen-bond acceptors (Lipinski definition) is 4. The van der Waals surface area contributed by atoms with Crippen LogP contribution < -0.4 is 10.6 Å². The molecule has 17 heavy (non-hydrogen) atoms. The van der Waals surface area contributed by atoms with Crippen molar-refractivity contribution >= 4 is 5.91 Å². The maximum absolute atomic E-state index is 11.7. The summed E-state index contributed by atoms with van der Waals surface area (Å²) in [7, 11) is 1.68. The van der Waals surface area contributed by atoms with Gasteiger partial charge in [0.05, 0.1) is 6.54 Å². The zero-order chi connectivity index (χ0) is 12.1. The van der Waals surface area contributed by atoms with Gasteiger partial charge in [-0.15, -0.1) is 0 Å². The predicted molar refractivity (Wildman–Crippen MR) is 65.8 cm³/mol. The molecule has 0 spiro atoms. The molecule has 2 heterocycles. The summed E-state index contributed by atoms with van der Waals surface area (Å²) in [5.41, 5.74) is 0. The lowest BCUT2D eigenvalue weighted by molar-refractivity contribution is -0.122. The lowest BCUT2D eigenvalue weighted by atomic mass is 10.0. The normalized spacial score (nSPS) is 28.3. The van der Waals surface area contributed by atoms with Gasteiger partial charge in [-0.25, -0.2) is 0 Å². The van der Waals surface area contributed by atoms with E-state index >= 15 is 0 Å². The van der Waals surface area contributed by atoms with Crippen molar-refractivity contribution in [2.45, 2.75) is 6.42 Å². The Hall–Kier alpha value is -0.650. The molecular formula is C12H23N3O2. The summed E-state index contributed by atoms with van der Waals surface area (Å²) in [5, 5.41) is 6.34. The SMILES string of the molecule is COCCCNC(=O)CN1CC2CNCC2C1.